The van der Waals surface area contributed by atoms with E-state index in [1.165, 1.54) is 6.92 Å². The van der Waals surface area contributed by atoms with Gasteiger partial charge in [0, 0.05) is 11.6 Å². The van der Waals surface area contributed by atoms with Gasteiger partial charge in [0.05, 0.1) is 5.69 Å². The molecule has 6 nitrogen and oxygen atoms in total. The molecule has 0 bridgehead atoms. The lowest BCUT2D eigenvalue weighted by Crippen LogP contribution is -2.45. The molecule has 0 saturated heterocycles. The van der Waals surface area contributed by atoms with Gasteiger partial charge in [-0.15, -0.1) is 0 Å². The van der Waals surface area contributed by atoms with Gasteiger partial charge >= 0.3 is 11.9 Å². The van der Waals surface area contributed by atoms with Gasteiger partial charge in [-0.3, -0.25) is 4.79 Å². The predicted molar refractivity (Wildman–Crippen MR) is 82.0 cm³/mol. The zero-order chi connectivity index (χ0) is 18.4. The third-order valence-electron chi connectivity index (χ3n) is 3.23. The third kappa shape index (κ3) is 2.89. The number of alkyl halides is 3. The third-order valence-corrected chi connectivity index (χ3v) is 3.45. The van der Waals surface area contributed by atoms with Crippen molar-refractivity contribution in [1.82, 2.24) is 9.24 Å². The van der Waals surface area contributed by atoms with Crippen molar-refractivity contribution in [2.75, 3.05) is 5.84 Å². The topological polar surface area (TPSA) is 96.0 Å². The highest BCUT2D eigenvalue weighted by atomic mass is 32.1. The molecule has 2 rings (SSSR count). The molecule has 2 aromatic rings. The number of nitrogens with two attached hydrogens (primary N) is 2. The molecule has 1 aromatic heterocycles. The van der Waals surface area contributed by atoms with E-state index in [4.69, 9.17) is 23.8 Å². The zero-order valence-corrected chi connectivity index (χ0v) is 12.8. The van der Waals surface area contributed by atoms with E-state index in [1.807, 2.05) is 0 Å². The van der Waals surface area contributed by atoms with Crippen molar-refractivity contribution in [3.63, 3.8) is 0 Å². The SMILES string of the molecule is Cc1cc(-n2c(=O)cc(C(F)(F)F)n(N)c2=O)c(F)cc1C(N)=S. The summed E-state index contributed by atoms with van der Waals surface area (Å²) in [6.45, 7) is 1.48. The summed E-state index contributed by atoms with van der Waals surface area (Å²) in [5.74, 6) is 4.04. The molecule has 0 amide bonds. The predicted octanol–water partition coefficient (Wildman–Crippen LogP) is 0.814. The zero-order valence-electron chi connectivity index (χ0n) is 12.0. The number of nitrogen functional groups attached to an aromatic ring is 1. The van der Waals surface area contributed by atoms with Crippen LogP contribution in [0.5, 0.6) is 0 Å². The van der Waals surface area contributed by atoms with Crippen molar-refractivity contribution in [2.24, 2.45) is 5.73 Å². The van der Waals surface area contributed by atoms with Crippen LogP contribution in [0.25, 0.3) is 5.69 Å². The minimum atomic E-state index is -5.02. The second-order valence-electron chi connectivity index (χ2n) is 4.84. The van der Waals surface area contributed by atoms with Crippen molar-refractivity contribution < 1.29 is 17.6 Å². The normalized spacial score (nSPS) is 11.5. The van der Waals surface area contributed by atoms with Crippen LogP contribution in [-0.2, 0) is 6.18 Å². The van der Waals surface area contributed by atoms with Gasteiger partial charge in [0.2, 0.25) is 0 Å². The van der Waals surface area contributed by atoms with Crippen LogP contribution in [0.4, 0.5) is 17.6 Å². The van der Waals surface area contributed by atoms with E-state index in [1.54, 1.807) is 0 Å². The van der Waals surface area contributed by atoms with Crippen molar-refractivity contribution in [1.29, 1.82) is 0 Å². The Balaban J connectivity index is 2.83. The quantitative estimate of drug-likeness (QED) is 0.468. The Kier molecular flexibility index (Phi) is 4.23. The molecule has 1 aromatic carbocycles. The molecule has 0 aliphatic rings. The number of aryl methyl sites for hydroxylation is 1. The van der Waals surface area contributed by atoms with Crippen molar-refractivity contribution in [3.05, 3.63) is 61.7 Å². The van der Waals surface area contributed by atoms with Crippen LogP contribution >= 0.6 is 12.2 Å². The van der Waals surface area contributed by atoms with E-state index in [0.29, 0.717) is 5.56 Å². The Morgan fingerprint density at radius 1 is 1.21 bits per heavy atom. The molecule has 11 heteroatoms. The van der Waals surface area contributed by atoms with Gasteiger partial charge in [0.25, 0.3) is 5.56 Å². The van der Waals surface area contributed by atoms with Gasteiger partial charge < -0.3 is 11.6 Å². The maximum Gasteiger partial charge on any atom is 0.433 e. The van der Waals surface area contributed by atoms with Gasteiger partial charge in [-0.25, -0.2) is 18.4 Å². The second kappa shape index (κ2) is 5.74. The fraction of sp³-hybridized carbons (Fsp3) is 0.154. The Morgan fingerprint density at radius 2 is 1.79 bits per heavy atom. The van der Waals surface area contributed by atoms with Crippen LogP contribution in [-0.4, -0.2) is 14.2 Å². The van der Waals surface area contributed by atoms with E-state index >= 15 is 0 Å². The number of rotatable bonds is 2. The van der Waals surface area contributed by atoms with Crippen LogP contribution in [0.1, 0.15) is 16.8 Å². The molecule has 0 radical (unpaired) electrons. The molecule has 0 unspecified atom stereocenters. The number of aromatic nitrogens is 2. The first kappa shape index (κ1) is 17.7. The van der Waals surface area contributed by atoms with Gasteiger partial charge in [-0.05, 0) is 24.6 Å². The largest absolute Gasteiger partial charge is 0.433 e. The molecule has 0 spiro atoms. The first-order valence-corrected chi connectivity index (χ1v) is 6.67. The lowest BCUT2D eigenvalue weighted by Gasteiger charge is -2.15. The maximum absolute atomic E-state index is 14.2. The first-order valence-electron chi connectivity index (χ1n) is 6.27. The molecule has 0 atom stereocenters. The average Bonchev–Trinajstić information content (AvgIpc) is 2.44. The van der Waals surface area contributed by atoms with Crippen LogP contribution in [0.15, 0.2) is 27.8 Å². The molecule has 128 valence electrons. The number of hydrogen-bond acceptors (Lipinski definition) is 4. The summed E-state index contributed by atoms with van der Waals surface area (Å²) in [4.78, 5) is 23.8. The minimum Gasteiger partial charge on any atom is -0.389 e. The van der Waals surface area contributed by atoms with Gasteiger partial charge in [0.1, 0.15) is 10.8 Å². The van der Waals surface area contributed by atoms with E-state index in [-0.39, 0.29) is 25.9 Å². The Bertz CT molecular complexity index is 962. The van der Waals surface area contributed by atoms with Crippen molar-refractivity contribution in [2.45, 2.75) is 13.1 Å². The van der Waals surface area contributed by atoms with E-state index in [9.17, 15) is 27.2 Å². The number of thiocarbonyl (C=S) groups is 1. The molecule has 0 saturated carbocycles. The molecule has 0 aliphatic heterocycles. The fourth-order valence-electron chi connectivity index (χ4n) is 2.10. The smallest absolute Gasteiger partial charge is 0.389 e. The van der Waals surface area contributed by atoms with Crippen LogP contribution < -0.4 is 22.8 Å². The highest BCUT2D eigenvalue weighted by Crippen LogP contribution is 2.26. The first-order chi connectivity index (χ1) is 10.9. The Labute approximate surface area is 136 Å². The lowest BCUT2D eigenvalue weighted by atomic mass is 10.1. The summed E-state index contributed by atoms with van der Waals surface area (Å²) >= 11 is 4.73. The summed E-state index contributed by atoms with van der Waals surface area (Å²) in [6, 6.07) is 2.06. The number of benzene rings is 1. The highest BCUT2D eigenvalue weighted by molar-refractivity contribution is 7.80. The van der Waals surface area contributed by atoms with Crippen LogP contribution in [0.2, 0.25) is 0 Å². The Hall–Kier alpha value is -2.69. The van der Waals surface area contributed by atoms with Crippen LogP contribution in [0.3, 0.4) is 0 Å². The maximum atomic E-state index is 14.2. The summed E-state index contributed by atoms with van der Waals surface area (Å²) in [6.07, 6.45) is -5.02. The number of nitrogens with zero attached hydrogens (tertiary/aromatic N) is 2. The van der Waals surface area contributed by atoms with Gasteiger partial charge in [0.15, 0.2) is 5.69 Å². The van der Waals surface area contributed by atoms with E-state index in [0.717, 1.165) is 12.1 Å². The Morgan fingerprint density at radius 3 is 2.29 bits per heavy atom. The lowest BCUT2D eigenvalue weighted by molar-refractivity contribution is -0.143. The molecular formula is C13H10F4N4O2S. The number of halogens is 4. The van der Waals surface area contributed by atoms with Crippen molar-refractivity contribution >= 4 is 17.2 Å². The highest BCUT2D eigenvalue weighted by Gasteiger charge is 2.36. The van der Waals surface area contributed by atoms with Crippen molar-refractivity contribution in [3.8, 4) is 5.69 Å². The fourth-order valence-corrected chi connectivity index (χ4v) is 2.32. The molecule has 4 N–H and O–H groups in total. The molecule has 24 heavy (non-hydrogen) atoms. The number of hydrogen-bond donors (Lipinski definition) is 2. The summed E-state index contributed by atoms with van der Waals surface area (Å²) in [5.41, 5.74) is 0.771. The van der Waals surface area contributed by atoms with E-state index < -0.39 is 34.6 Å². The van der Waals surface area contributed by atoms with Gasteiger partial charge in [-0.1, -0.05) is 12.2 Å². The summed E-state index contributed by atoms with van der Waals surface area (Å²) < 4.78 is 52.4. The monoisotopic (exact) mass is 362 g/mol. The summed E-state index contributed by atoms with van der Waals surface area (Å²) in [7, 11) is 0. The molecular weight excluding hydrogens is 352 g/mol. The molecule has 1 heterocycles. The van der Waals surface area contributed by atoms with E-state index in [2.05, 4.69) is 0 Å². The second-order valence-corrected chi connectivity index (χ2v) is 5.28. The van der Waals surface area contributed by atoms with Crippen LogP contribution in [0, 0.1) is 12.7 Å². The average molecular weight is 362 g/mol. The standard InChI is InChI=1S/C13H10F4N4O2S/c1-5-2-8(7(14)3-6(5)11(18)24)20-10(22)4-9(13(15,16)17)21(19)12(20)23/h2-4H,19H2,1H3,(H2,18,24). The van der Waals surface area contributed by atoms with Gasteiger partial charge in [-0.2, -0.15) is 13.2 Å². The molecule has 0 aliphatic carbocycles. The minimum absolute atomic E-state index is 0.109. The summed E-state index contributed by atoms with van der Waals surface area (Å²) in [5, 5.41) is 0. The molecule has 0 fully saturated rings.